The van der Waals surface area contributed by atoms with Crippen LogP contribution in [0.5, 0.6) is 11.5 Å². The minimum atomic E-state index is -1.58. The van der Waals surface area contributed by atoms with Crippen LogP contribution < -0.4 is 10.2 Å². The molecule has 9 nitrogen and oxygen atoms in total. The molecule has 0 saturated carbocycles. The first-order valence-corrected chi connectivity index (χ1v) is 9.39. The van der Waals surface area contributed by atoms with Crippen LogP contribution in [0.2, 0.25) is 0 Å². The van der Waals surface area contributed by atoms with Crippen LogP contribution >= 0.6 is 0 Å². The Morgan fingerprint density at radius 1 is 1.00 bits per heavy atom. The molecule has 0 bridgehead atoms. The fourth-order valence-electron chi connectivity index (χ4n) is 3.82. The fourth-order valence-corrected chi connectivity index (χ4v) is 3.82. The molecule has 5 unspecified atom stereocenters. The maximum absolute atomic E-state index is 12.4. The topological polar surface area (TPSA) is 150 Å². The second kappa shape index (κ2) is 7.53. The molecule has 5 atom stereocenters. The molecule has 3 aromatic rings. The summed E-state index contributed by atoms with van der Waals surface area (Å²) in [4.78, 5) is 12.4. The molecule has 1 saturated heterocycles. The largest absolute Gasteiger partial charge is 0.507 e. The zero-order valence-electron chi connectivity index (χ0n) is 16.3. The number of hydrogen-bond acceptors (Lipinski definition) is 9. The maximum Gasteiger partial charge on any atom is 0.229 e. The van der Waals surface area contributed by atoms with Crippen molar-refractivity contribution in [3.8, 4) is 11.5 Å². The predicted octanol–water partition coefficient (Wildman–Crippen LogP) is 0.447. The van der Waals surface area contributed by atoms with Gasteiger partial charge in [-0.2, -0.15) is 0 Å². The lowest BCUT2D eigenvalue weighted by atomic mass is 9.99. The molecule has 2 aromatic carbocycles. The van der Waals surface area contributed by atoms with Crippen LogP contribution in [-0.2, 0) is 4.74 Å². The lowest BCUT2D eigenvalue weighted by Gasteiger charge is -2.39. The van der Waals surface area contributed by atoms with E-state index in [1.165, 1.54) is 12.1 Å². The van der Waals surface area contributed by atoms with Crippen molar-refractivity contribution in [2.75, 3.05) is 6.61 Å². The minimum Gasteiger partial charge on any atom is -0.507 e. The Morgan fingerprint density at radius 2 is 1.73 bits per heavy atom. The van der Waals surface area contributed by atoms with Gasteiger partial charge in [0.2, 0.25) is 6.29 Å². The third-order valence-corrected chi connectivity index (χ3v) is 5.29. The fraction of sp³-hybridized carbons (Fsp3) is 0.381. The third-order valence-electron chi connectivity index (χ3n) is 5.29. The van der Waals surface area contributed by atoms with E-state index in [0.29, 0.717) is 27.5 Å². The van der Waals surface area contributed by atoms with Crippen molar-refractivity contribution in [2.24, 2.45) is 0 Å². The van der Waals surface area contributed by atoms with E-state index in [0.717, 1.165) is 0 Å². The molecular weight excluding hydrogens is 396 g/mol. The smallest absolute Gasteiger partial charge is 0.229 e. The molecule has 2 heterocycles. The van der Waals surface area contributed by atoms with Crippen LogP contribution in [0.4, 0.5) is 0 Å². The molecule has 9 heteroatoms. The van der Waals surface area contributed by atoms with E-state index >= 15 is 0 Å². The predicted molar refractivity (Wildman–Crippen MR) is 106 cm³/mol. The molecule has 1 aliphatic rings. The van der Waals surface area contributed by atoms with Crippen molar-refractivity contribution < 1.29 is 39.4 Å². The maximum atomic E-state index is 12.4. The van der Waals surface area contributed by atoms with Gasteiger partial charge in [0.25, 0.3) is 0 Å². The van der Waals surface area contributed by atoms with Gasteiger partial charge >= 0.3 is 0 Å². The zero-order valence-corrected chi connectivity index (χ0v) is 16.3. The standard InChI is InChI=1S/C21H22O9/c1-8-3-10-5-11(29-21-19(27)18(26)17(25)14(7-22)30-21)6-13(24)16(10)20-15(8)12(23)4-9(2)28-20/h3-6,14,17-19,21-22,24-27H,7H2,1-2H3. The Kier molecular flexibility index (Phi) is 5.16. The summed E-state index contributed by atoms with van der Waals surface area (Å²) in [5, 5.41) is 51.1. The van der Waals surface area contributed by atoms with E-state index in [2.05, 4.69) is 0 Å². The van der Waals surface area contributed by atoms with Crippen molar-refractivity contribution in [1.29, 1.82) is 0 Å². The molecule has 30 heavy (non-hydrogen) atoms. The number of aryl methyl sites for hydroxylation is 2. The van der Waals surface area contributed by atoms with Gasteiger partial charge in [0.1, 0.15) is 47.3 Å². The molecule has 0 spiro atoms. The molecule has 0 amide bonds. The van der Waals surface area contributed by atoms with E-state index in [1.807, 2.05) is 0 Å². The Bertz CT molecular complexity index is 1170. The summed E-state index contributed by atoms with van der Waals surface area (Å²) in [6.45, 7) is 2.80. The number of fused-ring (bicyclic) bond motifs is 3. The van der Waals surface area contributed by atoms with Gasteiger partial charge in [-0.05, 0) is 30.9 Å². The number of aromatic hydroxyl groups is 1. The number of benzene rings is 2. The number of phenolic OH excluding ortho intramolecular Hbond substituents is 1. The second-order valence-corrected chi connectivity index (χ2v) is 7.47. The summed E-state index contributed by atoms with van der Waals surface area (Å²) in [7, 11) is 0. The van der Waals surface area contributed by atoms with Crippen LogP contribution in [0.3, 0.4) is 0 Å². The van der Waals surface area contributed by atoms with Crippen molar-refractivity contribution in [3.05, 3.63) is 45.8 Å². The molecule has 0 aliphatic carbocycles. The first kappa shape index (κ1) is 20.6. The lowest BCUT2D eigenvalue weighted by molar-refractivity contribution is -0.277. The van der Waals surface area contributed by atoms with E-state index in [1.54, 1.807) is 26.0 Å². The van der Waals surface area contributed by atoms with Gasteiger partial charge < -0.3 is 39.4 Å². The monoisotopic (exact) mass is 418 g/mol. The highest BCUT2D eigenvalue weighted by Crippen LogP contribution is 2.37. The van der Waals surface area contributed by atoms with Crippen molar-refractivity contribution >= 4 is 21.7 Å². The SMILES string of the molecule is Cc1cc(=O)c2c(C)cc3cc(OC4OC(CO)C(O)C(O)C4O)cc(O)c3c2o1. The Balaban J connectivity index is 1.79. The average molecular weight is 418 g/mol. The Hall–Kier alpha value is -2.69. The Labute approximate surface area is 170 Å². The highest BCUT2D eigenvalue weighted by molar-refractivity contribution is 6.09. The van der Waals surface area contributed by atoms with Crippen molar-refractivity contribution in [1.82, 2.24) is 0 Å². The van der Waals surface area contributed by atoms with E-state index in [4.69, 9.17) is 13.9 Å². The zero-order chi connectivity index (χ0) is 21.7. The van der Waals surface area contributed by atoms with Crippen LogP contribution in [0, 0.1) is 13.8 Å². The highest BCUT2D eigenvalue weighted by Gasteiger charge is 2.44. The highest BCUT2D eigenvalue weighted by atomic mass is 16.7. The van der Waals surface area contributed by atoms with Crippen LogP contribution in [0.25, 0.3) is 21.7 Å². The number of phenols is 1. The van der Waals surface area contributed by atoms with Gasteiger partial charge in [-0.25, -0.2) is 0 Å². The molecule has 1 aliphatic heterocycles. The number of aliphatic hydroxyl groups is 4. The molecule has 0 radical (unpaired) electrons. The molecule has 160 valence electrons. The summed E-state index contributed by atoms with van der Waals surface area (Å²) in [5.74, 6) is 0.296. The summed E-state index contributed by atoms with van der Waals surface area (Å²) >= 11 is 0. The third kappa shape index (κ3) is 3.30. The van der Waals surface area contributed by atoms with Gasteiger partial charge in [-0.3, -0.25) is 4.79 Å². The van der Waals surface area contributed by atoms with E-state index < -0.39 is 37.3 Å². The quantitative estimate of drug-likeness (QED) is 0.382. The van der Waals surface area contributed by atoms with Gasteiger partial charge in [-0.15, -0.1) is 0 Å². The van der Waals surface area contributed by atoms with Gasteiger partial charge in [0, 0.05) is 12.1 Å². The number of rotatable bonds is 3. The Morgan fingerprint density at radius 3 is 2.43 bits per heavy atom. The molecular formula is C21H22O9. The molecule has 1 fully saturated rings. The second-order valence-electron chi connectivity index (χ2n) is 7.47. The van der Waals surface area contributed by atoms with E-state index in [9.17, 15) is 30.3 Å². The van der Waals surface area contributed by atoms with E-state index in [-0.39, 0.29) is 22.5 Å². The first-order chi connectivity index (χ1) is 14.2. The van der Waals surface area contributed by atoms with Gasteiger partial charge in [0.15, 0.2) is 5.43 Å². The minimum absolute atomic E-state index is 0.109. The summed E-state index contributed by atoms with van der Waals surface area (Å²) < 4.78 is 16.7. The van der Waals surface area contributed by atoms with Crippen molar-refractivity contribution in [2.45, 2.75) is 44.6 Å². The van der Waals surface area contributed by atoms with Crippen LogP contribution in [-0.4, -0.2) is 62.8 Å². The lowest BCUT2D eigenvalue weighted by Crippen LogP contribution is -2.60. The summed E-state index contributed by atoms with van der Waals surface area (Å²) in [6.07, 6.45) is -7.18. The number of aliphatic hydroxyl groups excluding tert-OH is 4. The number of hydrogen-bond donors (Lipinski definition) is 5. The van der Waals surface area contributed by atoms with Crippen molar-refractivity contribution in [3.63, 3.8) is 0 Å². The number of ether oxygens (including phenoxy) is 2. The average Bonchev–Trinajstić information content (AvgIpc) is 2.67. The van der Waals surface area contributed by atoms with Crippen LogP contribution in [0.1, 0.15) is 11.3 Å². The normalized spacial score (nSPS) is 26.9. The first-order valence-electron chi connectivity index (χ1n) is 9.39. The summed E-state index contributed by atoms with van der Waals surface area (Å²) in [5.41, 5.74) is 0.691. The molecule has 5 N–H and O–H groups in total. The summed E-state index contributed by atoms with van der Waals surface area (Å²) in [6, 6.07) is 5.91. The van der Waals surface area contributed by atoms with Gasteiger partial charge in [-0.1, -0.05) is 6.07 Å². The van der Waals surface area contributed by atoms with Gasteiger partial charge in [0.05, 0.1) is 17.4 Å². The molecule has 1 aromatic heterocycles. The molecule has 4 rings (SSSR count). The van der Waals surface area contributed by atoms with Crippen LogP contribution in [0.15, 0.2) is 33.5 Å².